The van der Waals surface area contributed by atoms with Crippen molar-refractivity contribution in [1.82, 2.24) is 9.97 Å². The molecule has 0 radical (unpaired) electrons. The Morgan fingerprint density at radius 2 is 1.97 bits per heavy atom. The second-order valence-corrected chi connectivity index (χ2v) is 8.77. The molecule has 9 nitrogen and oxygen atoms in total. The van der Waals surface area contributed by atoms with E-state index in [1.54, 1.807) is 37.5 Å². The molecule has 1 saturated heterocycles. The Morgan fingerprint density at radius 1 is 1.23 bits per heavy atom. The molecule has 35 heavy (non-hydrogen) atoms. The number of halogens is 1. The lowest BCUT2D eigenvalue weighted by Gasteiger charge is -2.26. The Kier molecular flexibility index (Phi) is 8.43. The normalized spacial score (nSPS) is 14.8. The van der Waals surface area contributed by atoms with Crippen LogP contribution in [0.15, 0.2) is 35.0 Å². The van der Waals surface area contributed by atoms with E-state index < -0.39 is 12.2 Å². The number of carbonyl (C=O) groups is 1. The predicted molar refractivity (Wildman–Crippen MR) is 134 cm³/mol. The van der Waals surface area contributed by atoms with Gasteiger partial charge >= 0.3 is 6.09 Å². The number of amides is 1. The lowest BCUT2D eigenvalue weighted by atomic mass is 10.1. The third-order valence-electron chi connectivity index (χ3n) is 5.91. The molecule has 1 amide bonds. The first-order chi connectivity index (χ1) is 17.0. The zero-order valence-electron chi connectivity index (χ0n) is 20.1. The highest BCUT2D eigenvalue weighted by atomic mass is 35.5. The van der Waals surface area contributed by atoms with E-state index in [9.17, 15) is 9.90 Å². The summed E-state index contributed by atoms with van der Waals surface area (Å²) in [5.74, 6) is 0.795. The van der Waals surface area contributed by atoms with Crippen LogP contribution in [0.2, 0.25) is 5.02 Å². The van der Waals surface area contributed by atoms with Gasteiger partial charge in [0.25, 0.3) is 0 Å². The maximum Gasteiger partial charge on any atom is 0.414 e. The molecule has 2 aromatic heterocycles. The molecule has 0 spiro atoms. The number of fused-ring (bicyclic) bond motifs is 1. The summed E-state index contributed by atoms with van der Waals surface area (Å²) < 4.78 is 16.8. The number of carbonyl (C=O) groups excluding carboxylic acids is 1. The number of ether oxygens (including phenoxy) is 2. The zero-order valence-corrected chi connectivity index (χ0v) is 20.8. The number of aliphatic hydroxyl groups is 1. The van der Waals surface area contributed by atoms with Crippen molar-refractivity contribution < 1.29 is 23.8 Å². The first-order valence-corrected chi connectivity index (χ1v) is 12.4. The van der Waals surface area contributed by atoms with E-state index in [0.29, 0.717) is 66.0 Å². The number of hydrogen-bond donors (Lipinski definition) is 1. The van der Waals surface area contributed by atoms with E-state index in [4.69, 9.17) is 25.5 Å². The Morgan fingerprint density at radius 3 is 2.66 bits per heavy atom. The van der Waals surface area contributed by atoms with Gasteiger partial charge in [-0.3, -0.25) is 4.90 Å². The number of rotatable bonds is 9. The fourth-order valence-electron chi connectivity index (χ4n) is 4.11. The summed E-state index contributed by atoms with van der Waals surface area (Å²) in [6.07, 6.45) is 4.18. The molecule has 3 heterocycles. The number of benzene rings is 1. The molecule has 0 bridgehead atoms. The standard InChI is InChI=1S/C25H31ClN4O5/c1-3-5-6-9-30(25(32)34-4-2)21-19-14-18(26)7-8-20(19)35-23(21)22(31)17-15-27-24(28-16-17)29-10-12-33-13-11-29/h7-8,14-16,22,31H,3-6,9-13H2,1-2H3. The molecule has 10 heteroatoms. The highest BCUT2D eigenvalue weighted by molar-refractivity contribution is 6.31. The van der Waals surface area contributed by atoms with Crippen LogP contribution in [0.25, 0.3) is 11.0 Å². The average molecular weight is 503 g/mol. The second-order valence-electron chi connectivity index (χ2n) is 8.33. The molecule has 3 aromatic rings. The van der Waals surface area contributed by atoms with Gasteiger partial charge in [0.2, 0.25) is 5.95 Å². The van der Waals surface area contributed by atoms with Gasteiger partial charge in [-0.05, 0) is 31.5 Å². The fraction of sp³-hybridized carbons (Fsp3) is 0.480. The van der Waals surface area contributed by atoms with Crippen LogP contribution in [-0.4, -0.2) is 60.6 Å². The summed E-state index contributed by atoms with van der Waals surface area (Å²) in [4.78, 5) is 25.5. The van der Waals surface area contributed by atoms with Crippen molar-refractivity contribution in [3.63, 3.8) is 0 Å². The number of morpholine rings is 1. The molecule has 1 aliphatic heterocycles. The average Bonchev–Trinajstić information content (AvgIpc) is 3.25. The molecule has 1 aromatic carbocycles. The van der Waals surface area contributed by atoms with Gasteiger partial charge in [-0.1, -0.05) is 31.4 Å². The van der Waals surface area contributed by atoms with E-state index in [0.717, 1.165) is 19.3 Å². The number of hydrogen-bond acceptors (Lipinski definition) is 8. The summed E-state index contributed by atoms with van der Waals surface area (Å²) in [7, 11) is 0. The van der Waals surface area contributed by atoms with Crippen LogP contribution in [0, 0.1) is 0 Å². The van der Waals surface area contributed by atoms with Crippen LogP contribution in [0.1, 0.15) is 50.5 Å². The molecule has 1 atom stereocenters. The lowest BCUT2D eigenvalue weighted by Crippen LogP contribution is -2.37. The maximum atomic E-state index is 13.0. The maximum absolute atomic E-state index is 13.0. The lowest BCUT2D eigenvalue weighted by molar-refractivity contribution is 0.122. The van der Waals surface area contributed by atoms with Gasteiger partial charge in [0, 0.05) is 48.0 Å². The van der Waals surface area contributed by atoms with E-state index in [-0.39, 0.29) is 12.4 Å². The largest absolute Gasteiger partial charge is 0.456 e. The van der Waals surface area contributed by atoms with E-state index in [1.165, 1.54) is 4.90 Å². The third kappa shape index (κ3) is 5.69. The predicted octanol–water partition coefficient (Wildman–Crippen LogP) is 4.95. The van der Waals surface area contributed by atoms with Gasteiger partial charge in [0.1, 0.15) is 11.7 Å². The number of nitrogens with zero attached hydrogens (tertiary/aromatic N) is 4. The Hall–Kier alpha value is -2.88. The first-order valence-electron chi connectivity index (χ1n) is 12.0. The van der Waals surface area contributed by atoms with Gasteiger partial charge in [0.15, 0.2) is 5.76 Å². The smallest absolute Gasteiger partial charge is 0.414 e. The minimum Gasteiger partial charge on any atom is -0.456 e. The van der Waals surface area contributed by atoms with Gasteiger partial charge in [-0.15, -0.1) is 0 Å². The van der Waals surface area contributed by atoms with Crippen molar-refractivity contribution in [2.45, 2.75) is 39.2 Å². The minimum atomic E-state index is -1.20. The second kappa shape index (κ2) is 11.7. The molecule has 0 saturated carbocycles. The van der Waals surface area contributed by atoms with Crippen LogP contribution >= 0.6 is 11.6 Å². The van der Waals surface area contributed by atoms with Gasteiger partial charge in [-0.2, -0.15) is 0 Å². The molecule has 1 fully saturated rings. The highest BCUT2D eigenvalue weighted by Crippen LogP contribution is 2.41. The molecule has 0 aliphatic carbocycles. The summed E-state index contributed by atoms with van der Waals surface area (Å²) in [6.45, 7) is 7.17. The topological polar surface area (TPSA) is 101 Å². The first kappa shape index (κ1) is 25.2. The SMILES string of the molecule is CCCCCN(C(=O)OCC)c1c(C(O)c2cnc(N3CCOCC3)nc2)oc2ccc(Cl)cc12. The van der Waals surface area contributed by atoms with Crippen molar-refractivity contribution in [2.75, 3.05) is 49.3 Å². The monoisotopic (exact) mass is 502 g/mol. The van der Waals surface area contributed by atoms with E-state index >= 15 is 0 Å². The number of aliphatic hydroxyl groups excluding tert-OH is 1. The van der Waals surface area contributed by atoms with Gasteiger partial charge in [-0.25, -0.2) is 14.8 Å². The van der Waals surface area contributed by atoms with Crippen LogP contribution in [-0.2, 0) is 9.47 Å². The molecular formula is C25H31ClN4O5. The number of unbranched alkanes of at least 4 members (excludes halogenated alkanes) is 2. The van der Waals surface area contributed by atoms with Crippen LogP contribution in [0.5, 0.6) is 0 Å². The van der Waals surface area contributed by atoms with Crippen molar-refractivity contribution in [3.05, 3.63) is 46.9 Å². The summed E-state index contributed by atoms with van der Waals surface area (Å²) in [5, 5.41) is 12.5. The Balaban J connectivity index is 1.73. The van der Waals surface area contributed by atoms with Crippen molar-refractivity contribution in [3.8, 4) is 0 Å². The number of aromatic nitrogens is 2. The quantitative estimate of drug-likeness (QED) is 0.410. The fourth-order valence-corrected chi connectivity index (χ4v) is 4.28. The van der Waals surface area contributed by atoms with E-state index in [1.807, 2.05) is 4.90 Å². The molecule has 1 aliphatic rings. The van der Waals surface area contributed by atoms with Crippen molar-refractivity contribution in [1.29, 1.82) is 0 Å². The van der Waals surface area contributed by atoms with E-state index in [2.05, 4.69) is 16.9 Å². The van der Waals surface area contributed by atoms with Crippen molar-refractivity contribution in [2.24, 2.45) is 0 Å². The summed E-state index contributed by atoms with van der Waals surface area (Å²) >= 11 is 6.29. The zero-order chi connectivity index (χ0) is 24.8. The third-order valence-corrected chi connectivity index (χ3v) is 6.14. The Labute approximate surface area is 209 Å². The minimum absolute atomic E-state index is 0.217. The van der Waals surface area contributed by atoms with Crippen LogP contribution in [0.4, 0.5) is 16.4 Å². The van der Waals surface area contributed by atoms with Gasteiger partial charge < -0.3 is 23.9 Å². The van der Waals surface area contributed by atoms with Gasteiger partial charge in [0.05, 0.1) is 25.5 Å². The van der Waals surface area contributed by atoms with Crippen molar-refractivity contribution >= 4 is 40.3 Å². The molecule has 1 N–H and O–H groups in total. The highest BCUT2D eigenvalue weighted by Gasteiger charge is 2.30. The summed E-state index contributed by atoms with van der Waals surface area (Å²) in [5.41, 5.74) is 1.40. The van der Waals surface area contributed by atoms with Crippen LogP contribution in [0.3, 0.4) is 0 Å². The molecular weight excluding hydrogens is 472 g/mol. The molecule has 188 valence electrons. The number of furan rings is 1. The molecule has 1 unspecified atom stereocenters. The van der Waals surface area contributed by atoms with Crippen LogP contribution < -0.4 is 9.80 Å². The summed E-state index contributed by atoms with van der Waals surface area (Å²) in [6, 6.07) is 5.17. The number of anilines is 2. The Bertz CT molecular complexity index is 1130. The molecule has 4 rings (SSSR count).